The summed E-state index contributed by atoms with van der Waals surface area (Å²) in [6.45, 7) is 4.18. The van der Waals surface area contributed by atoms with E-state index in [9.17, 15) is 13.2 Å². The van der Waals surface area contributed by atoms with Crippen molar-refractivity contribution in [1.29, 1.82) is 0 Å². The Morgan fingerprint density at radius 3 is 2.50 bits per heavy atom. The normalized spacial score (nSPS) is 13.4. The monoisotopic (exact) mass is 261 g/mol. The van der Waals surface area contributed by atoms with Crippen molar-refractivity contribution < 1.29 is 17.9 Å². The molecule has 0 aliphatic rings. The van der Waals surface area contributed by atoms with Crippen molar-refractivity contribution in [2.24, 2.45) is 5.73 Å². The minimum atomic E-state index is -4.34. The summed E-state index contributed by atoms with van der Waals surface area (Å²) in [7, 11) is 0. The number of rotatable bonds is 5. The first-order chi connectivity index (χ1) is 8.34. The number of alkyl halides is 3. The molecule has 0 amide bonds. The van der Waals surface area contributed by atoms with E-state index in [4.69, 9.17) is 10.5 Å². The van der Waals surface area contributed by atoms with Gasteiger partial charge in [-0.25, -0.2) is 0 Å². The van der Waals surface area contributed by atoms with Crippen LogP contribution in [-0.2, 0) is 12.6 Å². The molecule has 0 aromatic heterocycles. The second-order valence-electron chi connectivity index (χ2n) is 4.35. The van der Waals surface area contributed by atoms with Crippen LogP contribution in [0.3, 0.4) is 0 Å². The van der Waals surface area contributed by atoms with E-state index in [0.717, 1.165) is 18.6 Å². The highest BCUT2D eigenvalue weighted by Gasteiger charge is 2.31. The van der Waals surface area contributed by atoms with Crippen molar-refractivity contribution in [1.82, 2.24) is 0 Å². The lowest BCUT2D eigenvalue weighted by Gasteiger charge is -2.15. The second-order valence-corrected chi connectivity index (χ2v) is 4.35. The van der Waals surface area contributed by atoms with Gasteiger partial charge in [-0.3, -0.25) is 0 Å². The summed E-state index contributed by atoms with van der Waals surface area (Å²) in [6, 6.07) is 3.32. The maximum atomic E-state index is 12.6. The molecule has 2 nitrogen and oxygen atoms in total. The van der Waals surface area contributed by atoms with Crippen LogP contribution < -0.4 is 10.5 Å². The molecule has 0 radical (unpaired) electrons. The van der Waals surface area contributed by atoms with Gasteiger partial charge in [0.15, 0.2) is 0 Å². The number of nitrogens with two attached hydrogens (primary N) is 1. The van der Waals surface area contributed by atoms with Crippen LogP contribution in [0, 0.1) is 0 Å². The molecule has 0 fully saturated rings. The topological polar surface area (TPSA) is 35.2 Å². The molecule has 1 atom stereocenters. The minimum absolute atomic E-state index is 0.211. The summed E-state index contributed by atoms with van der Waals surface area (Å²) in [5.41, 5.74) is 5.49. The number of halogens is 3. The van der Waals surface area contributed by atoms with Gasteiger partial charge in [0.05, 0.1) is 12.2 Å². The van der Waals surface area contributed by atoms with Crippen LogP contribution in [0.5, 0.6) is 5.75 Å². The maximum Gasteiger partial charge on any atom is 0.416 e. The molecular formula is C13H18F3NO. The summed E-state index contributed by atoms with van der Waals surface area (Å²) < 4.78 is 43.3. The van der Waals surface area contributed by atoms with E-state index in [2.05, 4.69) is 0 Å². The minimum Gasteiger partial charge on any atom is -0.493 e. The van der Waals surface area contributed by atoms with Gasteiger partial charge in [0, 0.05) is 6.04 Å². The van der Waals surface area contributed by atoms with E-state index in [1.807, 2.05) is 6.92 Å². The standard InChI is InChI=1S/C13H18F3NO/c1-3-6-18-12-5-4-11(13(14,15)16)8-10(12)7-9(2)17/h4-5,8-9H,3,6-7,17H2,1-2H3. The Bertz CT molecular complexity index is 388. The Labute approximate surface area is 105 Å². The molecule has 18 heavy (non-hydrogen) atoms. The molecule has 0 aliphatic heterocycles. The molecular weight excluding hydrogens is 243 g/mol. The molecule has 1 rings (SSSR count). The van der Waals surface area contributed by atoms with Crippen LogP contribution in [0.4, 0.5) is 13.2 Å². The Balaban J connectivity index is 3.04. The molecule has 102 valence electrons. The Kier molecular flexibility index (Phi) is 5.02. The van der Waals surface area contributed by atoms with E-state index >= 15 is 0 Å². The first-order valence-corrected chi connectivity index (χ1v) is 5.93. The van der Waals surface area contributed by atoms with Gasteiger partial charge >= 0.3 is 6.18 Å². The Morgan fingerprint density at radius 1 is 1.33 bits per heavy atom. The summed E-state index contributed by atoms with van der Waals surface area (Å²) >= 11 is 0. The van der Waals surface area contributed by atoms with Crippen LogP contribution in [-0.4, -0.2) is 12.6 Å². The van der Waals surface area contributed by atoms with Crippen LogP contribution in [0.25, 0.3) is 0 Å². The van der Waals surface area contributed by atoms with E-state index in [1.54, 1.807) is 6.92 Å². The molecule has 1 aromatic rings. The first-order valence-electron chi connectivity index (χ1n) is 5.93. The summed E-state index contributed by atoms with van der Waals surface area (Å²) in [4.78, 5) is 0. The van der Waals surface area contributed by atoms with Gasteiger partial charge in [0.25, 0.3) is 0 Å². The lowest BCUT2D eigenvalue weighted by molar-refractivity contribution is -0.137. The summed E-state index contributed by atoms with van der Waals surface area (Å²) in [6.07, 6.45) is -3.17. The largest absolute Gasteiger partial charge is 0.493 e. The fourth-order valence-electron chi connectivity index (χ4n) is 1.62. The van der Waals surface area contributed by atoms with E-state index in [1.165, 1.54) is 6.07 Å². The van der Waals surface area contributed by atoms with Gasteiger partial charge in [-0.05, 0) is 43.5 Å². The maximum absolute atomic E-state index is 12.6. The average Bonchev–Trinajstić information content (AvgIpc) is 2.25. The van der Waals surface area contributed by atoms with Crippen molar-refractivity contribution in [3.8, 4) is 5.75 Å². The zero-order chi connectivity index (χ0) is 13.8. The lowest BCUT2D eigenvalue weighted by Crippen LogP contribution is -2.19. The summed E-state index contributed by atoms with van der Waals surface area (Å²) in [5, 5.41) is 0. The van der Waals surface area contributed by atoms with Crippen molar-refractivity contribution in [3.05, 3.63) is 29.3 Å². The molecule has 0 spiro atoms. The second kappa shape index (κ2) is 6.09. The molecule has 5 heteroatoms. The molecule has 2 N–H and O–H groups in total. The van der Waals surface area contributed by atoms with Gasteiger partial charge < -0.3 is 10.5 Å². The lowest BCUT2D eigenvalue weighted by atomic mass is 10.0. The smallest absolute Gasteiger partial charge is 0.416 e. The van der Waals surface area contributed by atoms with Crippen LogP contribution in [0.1, 0.15) is 31.4 Å². The zero-order valence-corrected chi connectivity index (χ0v) is 10.6. The van der Waals surface area contributed by atoms with Crippen molar-refractivity contribution in [2.75, 3.05) is 6.61 Å². The first kappa shape index (κ1) is 14.8. The van der Waals surface area contributed by atoms with Gasteiger partial charge in [-0.2, -0.15) is 13.2 Å². The predicted octanol–water partition coefficient (Wildman–Crippen LogP) is 3.38. The van der Waals surface area contributed by atoms with Crippen LogP contribution in [0.15, 0.2) is 18.2 Å². The van der Waals surface area contributed by atoms with Gasteiger partial charge in [-0.15, -0.1) is 0 Å². The summed E-state index contributed by atoms with van der Waals surface area (Å²) in [5.74, 6) is 0.488. The van der Waals surface area contributed by atoms with Crippen molar-refractivity contribution in [3.63, 3.8) is 0 Å². The number of benzene rings is 1. The fraction of sp³-hybridized carbons (Fsp3) is 0.538. The van der Waals surface area contributed by atoms with Crippen LogP contribution >= 0.6 is 0 Å². The van der Waals surface area contributed by atoms with Crippen molar-refractivity contribution in [2.45, 2.75) is 38.9 Å². The Hall–Kier alpha value is -1.23. The molecule has 0 bridgehead atoms. The zero-order valence-electron chi connectivity index (χ0n) is 10.6. The molecule has 1 unspecified atom stereocenters. The molecule has 0 aliphatic carbocycles. The third kappa shape index (κ3) is 4.22. The number of hydrogen-bond acceptors (Lipinski definition) is 2. The van der Waals surface area contributed by atoms with E-state index < -0.39 is 11.7 Å². The molecule has 0 saturated carbocycles. The van der Waals surface area contributed by atoms with E-state index in [-0.39, 0.29) is 6.04 Å². The Morgan fingerprint density at radius 2 is 2.00 bits per heavy atom. The third-order valence-electron chi connectivity index (χ3n) is 2.39. The quantitative estimate of drug-likeness (QED) is 0.881. The molecule has 1 aromatic carbocycles. The highest BCUT2D eigenvalue weighted by atomic mass is 19.4. The predicted molar refractivity (Wildman–Crippen MR) is 64.6 cm³/mol. The van der Waals surface area contributed by atoms with Crippen LogP contribution in [0.2, 0.25) is 0 Å². The number of hydrogen-bond donors (Lipinski definition) is 1. The average molecular weight is 261 g/mol. The molecule has 0 heterocycles. The van der Waals surface area contributed by atoms with Gasteiger partial charge in [0.2, 0.25) is 0 Å². The van der Waals surface area contributed by atoms with Gasteiger partial charge in [0.1, 0.15) is 5.75 Å². The highest BCUT2D eigenvalue weighted by molar-refractivity contribution is 5.39. The fourth-order valence-corrected chi connectivity index (χ4v) is 1.62. The molecule has 0 saturated heterocycles. The van der Waals surface area contributed by atoms with Crippen molar-refractivity contribution >= 4 is 0 Å². The SMILES string of the molecule is CCCOc1ccc(C(F)(F)F)cc1CC(C)N. The third-order valence-corrected chi connectivity index (χ3v) is 2.39. The number of ether oxygens (including phenoxy) is 1. The van der Waals surface area contributed by atoms with Gasteiger partial charge in [-0.1, -0.05) is 6.92 Å². The highest BCUT2D eigenvalue weighted by Crippen LogP contribution is 2.33. The van der Waals surface area contributed by atoms with E-state index in [0.29, 0.717) is 24.3 Å².